The van der Waals surface area contributed by atoms with Crippen LogP contribution in [0.25, 0.3) is 66.8 Å². The van der Waals surface area contributed by atoms with Gasteiger partial charge < -0.3 is 56.6 Å². The lowest BCUT2D eigenvalue weighted by atomic mass is 9.89. The largest absolute Gasteiger partial charge is 0.505 e. The molecule has 0 saturated carbocycles. The second kappa shape index (κ2) is 25.6. The number of halogens is 4. The van der Waals surface area contributed by atoms with Crippen molar-refractivity contribution in [2.45, 2.75) is 33.1 Å². The van der Waals surface area contributed by atoms with E-state index in [9.17, 15) is 76.3 Å². The van der Waals surface area contributed by atoms with Gasteiger partial charge in [-0.1, -0.05) is 43.8 Å². The summed E-state index contributed by atoms with van der Waals surface area (Å²) in [4.78, 5) is 102. The Balaban J connectivity index is 0.000000193. The van der Waals surface area contributed by atoms with Crippen molar-refractivity contribution >= 4 is 68.9 Å². The number of nitrogens with zero attached hydrogens (tertiary/aromatic N) is 1. The van der Waals surface area contributed by atoms with E-state index in [0.717, 1.165) is 90.5 Å². The van der Waals surface area contributed by atoms with Gasteiger partial charge in [-0.25, -0.2) is 31.9 Å². The molecule has 2 aliphatic carbocycles. The van der Waals surface area contributed by atoms with Crippen molar-refractivity contribution in [3.05, 3.63) is 211 Å². The number of aromatic carboxylic acids is 2. The summed E-state index contributed by atoms with van der Waals surface area (Å²) in [6.07, 6.45) is 1.17. The lowest BCUT2D eigenvalue weighted by Crippen LogP contribution is -2.32. The van der Waals surface area contributed by atoms with E-state index in [-0.39, 0.29) is 110 Å². The quantitative estimate of drug-likeness (QED) is 0.0244. The van der Waals surface area contributed by atoms with Gasteiger partial charge in [0.15, 0.2) is 34.8 Å². The molecule has 444 valence electrons. The van der Waals surface area contributed by atoms with E-state index >= 15 is 0 Å². The van der Waals surface area contributed by atoms with Gasteiger partial charge in [0.05, 0.1) is 16.7 Å². The first-order valence-corrected chi connectivity index (χ1v) is 25.7. The lowest BCUT2D eigenvalue weighted by molar-refractivity contribution is -0.172. The fourth-order valence-electron chi connectivity index (χ4n) is 9.28. The normalized spacial score (nSPS) is 11.9. The van der Waals surface area contributed by atoms with Crippen molar-refractivity contribution in [1.82, 2.24) is 10.4 Å². The highest BCUT2D eigenvalue weighted by Crippen LogP contribution is 2.45. The van der Waals surface area contributed by atoms with Crippen LogP contribution in [-0.2, 0) is 27.3 Å². The Morgan fingerprint density at radius 3 is 1.40 bits per heavy atom. The van der Waals surface area contributed by atoms with Gasteiger partial charge in [-0.2, -0.15) is 0 Å². The monoisotopic (exact) mass is 1190 g/mol. The van der Waals surface area contributed by atoms with Gasteiger partial charge in [0, 0.05) is 93.6 Å². The lowest BCUT2D eigenvalue weighted by Gasteiger charge is -2.18. The Kier molecular flexibility index (Phi) is 18.2. The highest BCUT2D eigenvalue weighted by molar-refractivity contribution is 6.11. The Hall–Kier alpha value is -11.4. The van der Waals surface area contributed by atoms with Gasteiger partial charge in [-0.15, -0.1) is 5.06 Å². The number of nitrogens with one attached hydrogen (secondary N) is 1. The number of carboxylic acid groups (broad SMARTS) is 2. The summed E-state index contributed by atoms with van der Waals surface area (Å²) in [6, 6.07) is 29.1. The number of nitrogen functional groups attached to an aromatic ring is 2. The maximum atomic E-state index is 14.4. The third-order valence-corrected chi connectivity index (χ3v) is 13.5. The molecule has 3 heterocycles. The number of nitrogens with two attached hydrogens (primary N) is 3. The number of phenols is 2. The number of imide groups is 1. The molecule has 87 heavy (non-hydrogen) atoms. The van der Waals surface area contributed by atoms with Crippen LogP contribution in [0, 0.1) is 23.3 Å². The minimum Gasteiger partial charge on any atom is -0.505 e. The number of carboxylic acids is 2. The number of carbonyl (C=O) groups excluding carboxylic acids is 4. The second-order valence-electron chi connectivity index (χ2n) is 19.2. The SMILES string of the molecule is C.NCCc1ccc(N)cc1.Nc1ccc(CCNC(=O)c2ccc(-c3c4cc(F)c(=O)cc-4oc4cc(O)c(F)cc34)c(C(=O)O)c2)cc1.O=C(ON1C(=O)CCC1=O)c1ccc(-c2c3cc(F)c(=O)cc-3oc3cc(O)c(F)cc23)c(C(=O)O)c1. The average molecular weight is 1190 g/mol. The van der Waals surface area contributed by atoms with Crippen molar-refractivity contribution in [1.29, 1.82) is 0 Å². The highest BCUT2D eigenvalue weighted by Gasteiger charge is 2.34. The van der Waals surface area contributed by atoms with Crippen LogP contribution in [0.15, 0.2) is 152 Å². The molecule has 11 rings (SSSR count). The van der Waals surface area contributed by atoms with Crippen molar-refractivity contribution in [2.24, 2.45) is 5.73 Å². The maximum absolute atomic E-state index is 14.4. The molecule has 20 nitrogen and oxygen atoms in total. The van der Waals surface area contributed by atoms with Crippen LogP contribution >= 0.6 is 0 Å². The van der Waals surface area contributed by atoms with E-state index in [2.05, 4.69) is 5.32 Å². The first-order valence-electron chi connectivity index (χ1n) is 25.7. The molecule has 0 radical (unpaired) electrons. The smallest absolute Gasteiger partial charge is 0.363 e. The van der Waals surface area contributed by atoms with Crippen LogP contribution in [-0.4, -0.2) is 74.2 Å². The molecular weight excluding hydrogens is 1140 g/mol. The topological polar surface area (TPSA) is 346 Å². The van der Waals surface area contributed by atoms with Gasteiger partial charge in [-0.05, 0) is 114 Å². The van der Waals surface area contributed by atoms with Crippen molar-refractivity contribution < 1.29 is 80.4 Å². The van der Waals surface area contributed by atoms with Gasteiger partial charge in [0.2, 0.25) is 10.9 Å². The molecular formula is C63H49F4N5O15. The third-order valence-electron chi connectivity index (χ3n) is 13.5. The number of carbonyl (C=O) groups is 6. The van der Waals surface area contributed by atoms with E-state index in [1.165, 1.54) is 17.7 Å². The van der Waals surface area contributed by atoms with Gasteiger partial charge >= 0.3 is 17.9 Å². The minimum absolute atomic E-state index is 0. The number of amides is 3. The molecule has 0 spiro atoms. The molecule has 1 fully saturated rings. The Labute approximate surface area is 488 Å². The molecule has 1 saturated heterocycles. The van der Waals surface area contributed by atoms with Crippen molar-refractivity contribution in [2.75, 3.05) is 24.6 Å². The van der Waals surface area contributed by atoms with Gasteiger partial charge in [0.25, 0.3) is 17.7 Å². The van der Waals surface area contributed by atoms with Crippen LogP contribution in [0.5, 0.6) is 11.5 Å². The van der Waals surface area contributed by atoms with Crippen LogP contribution < -0.4 is 33.4 Å². The number of aromatic hydroxyl groups is 2. The maximum Gasteiger partial charge on any atom is 0.363 e. The van der Waals surface area contributed by atoms with Crippen LogP contribution in [0.3, 0.4) is 0 Å². The summed E-state index contributed by atoms with van der Waals surface area (Å²) in [6.45, 7) is 0.978. The standard InChI is InChI=1S/C29H20F2N2O6.C25H13F2NO9.C8H12N2.CH4/c30-21-10-19-25(12-23(21)34)39-26-13-24(35)22(31)11-20(26)27(19)17-6-3-15(9-18(17)29(37)38)28(36)33-8-7-14-1-4-16(32)5-2-14;26-15-6-13-19(8-17(15)29)36-20-9-18(30)16(27)7-14(20)23(13)11-2-1-10(5-12(11)24(33)34)25(35)37-28-21(31)3-4-22(28)32;9-6-5-7-1-3-8(10)4-2-7;/h1-6,9-13,34H,7-8,32H2,(H,33,36)(H,37,38);1-2,5-9,29H,3-4H2,(H,33,34);1-4H,5-6,9-10H2;1H4. The van der Waals surface area contributed by atoms with Crippen molar-refractivity contribution in [3.63, 3.8) is 0 Å². The zero-order chi connectivity index (χ0) is 61.8. The van der Waals surface area contributed by atoms with E-state index in [1.54, 1.807) is 12.1 Å². The molecule has 0 bridgehead atoms. The molecule has 6 aromatic rings. The molecule has 0 aromatic heterocycles. The summed E-state index contributed by atoms with van der Waals surface area (Å²) in [5.74, 6) is -12.3. The number of rotatable bonds is 12. The summed E-state index contributed by atoms with van der Waals surface area (Å²) in [7, 11) is 0. The molecule has 5 aliphatic rings. The molecule has 24 heteroatoms. The summed E-state index contributed by atoms with van der Waals surface area (Å²) < 4.78 is 68.5. The molecule has 0 unspecified atom stereocenters. The Bertz CT molecular complexity index is 4440. The highest BCUT2D eigenvalue weighted by atomic mass is 19.1. The van der Waals surface area contributed by atoms with Crippen LogP contribution in [0.4, 0.5) is 28.9 Å². The number of phenolic OH excluding ortho intramolecular Hbond substituents is 2. The Morgan fingerprint density at radius 1 is 0.540 bits per heavy atom. The summed E-state index contributed by atoms with van der Waals surface area (Å²) in [5.41, 5.74) is 16.7. The fourth-order valence-corrected chi connectivity index (χ4v) is 9.28. The van der Waals surface area contributed by atoms with Gasteiger partial charge in [0.1, 0.15) is 22.7 Å². The summed E-state index contributed by atoms with van der Waals surface area (Å²) in [5, 5.41) is 42.6. The van der Waals surface area contributed by atoms with E-state index in [1.807, 2.05) is 36.4 Å². The number of fused-ring (bicyclic) bond motifs is 4. The predicted molar refractivity (Wildman–Crippen MR) is 310 cm³/mol. The molecule has 11 N–H and O–H groups in total. The van der Waals surface area contributed by atoms with E-state index < -0.39 is 86.8 Å². The van der Waals surface area contributed by atoms with E-state index in [4.69, 9.17) is 30.9 Å². The van der Waals surface area contributed by atoms with Gasteiger partial charge in [-0.3, -0.25) is 24.0 Å². The number of hydrogen-bond acceptors (Lipinski definition) is 16. The molecule has 0 atom stereocenters. The molecule has 6 aromatic carbocycles. The van der Waals surface area contributed by atoms with E-state index in [0.29, 0.717) is 23.7 Å². The average Bonchev–Trinajstić information content (AvgIpc) is 1.27. The zero-order valence-electron chi connectivity index (χ0n) is 44.4. The minimum atomic E-state index is -1.54. The number of hydroxylamine groups is 2. The first kappa shape index (κ1) is 61.7. The van der Waals surface area contributed by atoms with Crippen LogP contribution in [0.1, 0.15) is 72.8 Å². The van der Waals surface area contributed by atoms with Crippen molar-refractivity contribution in [3.8, 4) is 56.4 Å². The third kappa shape index (κ3) is 13.2. The zero-order valence-corrected chi connectivity index (χ0v) is 44.4. The predicted octanol–water partition coefficient (Wildman–Crippen LogP) is 9.68. The Morgan fingerprint density at radius 2 is 0.966 bits per heavy atom. The first-order chi connectivity index (χ1) is 41.0. The van der Waals surface area contributed by atoms with Crippen LogP contribution in [0.2, 0.25) is 0 Å². The summed E-state index contributed by atoms with van der Waals surface area (Å²) >= 11 is 0. The molecule has 3 amide bonds. The fraction of sp³-hybridized carbons (Fsp3) is 0.111. The number of anilines is 2. The second-order valence-corrected chi connectivity index (χ2v) is 19.2. The number of benzene rings is 8. The number of hydrogen-bond donors (Lipinski definition) is 8. The molecule has 3 aliphatic heterocycles.